The van der Waals surface area contributed by atoms with Crippen LogP contribution in [0, 0.1) is 0 Å². The molecule has 300 valence electrons. The summed E-state index contributed by atoms with van der Waals surface area (Å²) in [6.07, 6.45) is -7.15. The lowest BCUT2D eigenvalue weighted by Crippen LogP contribution is -2.45. The van der Waals surface area contributed by atoms with Gasteiger partial charge in [-0.3, -0.25) is 10.6 Å². The van der Waals surface area contributed by atoms with E-state index in [-0.39, 0.29) is 13.2 Å². The molecule has 2 aromatic rings. The summed E-state index contributed by atoms with van der Waals surface area (Å²) in [6, 6.07) is 14.9. The van der Waals surface area contributed by atoms with Gasteiger partial charge in [0.15, 0.2) is 60.1 Å². The molecule has 10 atom stereocenters. The SMILES string of the molecule is CC1(C)OCC([C@H]2O[C@H]3OC(C)(C)OC3C2OC(=O)Nc2ccc(Cc3ccc(NC(=O)OC4C5OC(C)(C)O[C@@H]5O[C@@H]4C4COC(C)(C)O4)cc3)cc2)O1. The van der Waals surface area contributed by atoms with Crippen LogP contribution in [0.4, 0.5) is 21.0 Å². The molecule has 0 aromatic heterocycles. The summed E-state index contributed by atoms with van der Waals surface area (Å²) in [7, 11) is 0. The topological polar surface area (TPSA) is 169 Å². The van der Waals surface area contributed by atoms with Crippen LogP contribution in [0.2, 0.25) is 0 Å². The highest BCUT2D eigenvalue weighted by Gasteiger charge is 2.61. The number of hydrogen-bond donors (Lipinski definition) is 2. The van der Waals surface area contributed by atoms with E-state index < -0.39 is 96.7 Å². The average molecular weight is 771 g/mol. The van der Waals surface area contributed by atoms with Crippen molar-refractivity contribution in [1.29, 1.82) is 0 Å². The number of nitrogens with one attached hydrogen (secondary N) is 2. The monoisotopic (exact) mass is 770 g/mol. The number of ether oxygens (including phenoxy) is 12. The van der Waals surface area contributed by atoms with Crippen LogP contribution >= 0.6 is 0 Å². The molecule has 16 heteroatoms. The van der Waals surface area contributed by atoms with Gasteiger partial charge >= 0.3 is 12.2 Å². The standard InChI is InChI=1S/C39H50N2O14/c1-36(2)44-18-24(50-36)26-28(30-32(46-26)54-38(5,6)52-30)48-34(42)40-22-13-9-20(10-14-22)17-21-11-15-23(16-12-21)41-35(43)49-29-27(25-19-45-37(3,4)51-25)47-33-31(29)53-39(7,8)55-33/h9-16,24-33H,17-19H2,1-8H3,(H,40,42)(H,41,43)/t24?,25?,26-,27-,28?,29?,30?,31?,32+,33+/m1/s1. The second-order valence-electron chi connectivity index (χ2n) is 16.4. The highest BCUT2D eigenvalue weighted by atomic mass is 16.9. The minimum atomic E-state index is -0.889. The zero-order valence-corrected chi connectivity index (χ0v) is 32.2. The van der Waals surface area contributed by atoms with Gasteiger partial charge in [-0.15, -0.1) is 0 Å². The number of anilines is 2. The molecule has 2 amide bonds. The van der Waals surface area contributed by atoms with Gasteiger partial charge in [-0.05, 0) is 97.2 Å². The normalized spacial score (nSPS) is 36.3. The van der Waals surface area contributed by atoms with E-state index in [1.54, 1.807) is 52.0 Å². The molecule has 6 unspecified atom stereocenters. The fourth-order valence-corrected chi connectivity index (χ4v) is 7.82. The second kappa shape index (κ2) is 14.2. The van der Waals surface area contributed by atoms with Gasteiger partial charge in [0.05, 0.1) is 13.2 Å². The zero-order valence-electron chi connectivity index (χ0n) is 32.2. The summed E-state index contributed by atoms with van der Waals surface area (Å²) >= 11 is 0. The molecule has 2 aromatic carbocycles. The number of rotatable bonds is 8. The van der Waals surface area contributed by atoms with Crippen LogP contribution in [-0.4, -0.2) is 110 Å². The predicted molar refractivity (Wildman–Crippen MR) is 191 cm³/mol. The lowest BCUT2D eigenvalue weighted by atomic mass is 10.0. The van der Waals surface area contributed by atoms with Crippen molar-refractivity contribution in [3.63, 3.8) is 0 Å². The van der Waals surface area contributed by atoms with Crippen LogP contribution in [0.5, 0.6) is 0 Å². The van der Waals surface area contributed by atoms with E-state index in [9.17, 15) is 9.59 Å². The van der Waals surface area contributed by atoms with Gasteiger partial charge in [0.1, 0.15) is 24.4 Å². The van der Waals surface area contributed by atoms with Crippen LogP contribution in [0.1, 0.15) is 66.5 Å². The van der Waals surface area contributed by atoms with Crippen molar-refractivity contribution in [2.75, 3.05) is 23.8 Å². The predicted octanol–water partition coefficient (Wildman–Crippen LogP) is 5.17. The molecule has 6 heterocycles. The first-order valence-electron chi connectivity index (χ1n) is 18.7. The average Bonchev–Trinajstić information content (AvgIpc) is 3.92. The summed E-state index contributed by atoms with van der Waals surface area (Å²) in [5, 5.41) is 5.61. The third-order valence-electron chi connectivity index (χ3n) is 10.1. The van der Waals surface area contributed by atoms with Gasteiger partial charge in [-0.25, -0.2) is 9.59 Å². The Hall–Kier alpha value is -3.42. The molecule has 0 saturated carbocycles. The molecule has 0 bridgehead atoms. The molecular weight excluding hydrogens is 720 g/mol. The van der Waals surface area contributed by atoms with Crippen LogP contribution in [0.3, 0.4) is 0 Å². The Balaban J connectivity index is 0.840. The third kappa shape index (κ3) is 8.49. The summed E-state index contributed by atoms with van der Waals surface area (Å²) in [4.78, 5) is 26.3. The van der Waals surface area contributed by atoms with Crippen LogP contribution in [0.25, 0.3) is 0 Å². The quantitative estimate of drug-likeness (QED) is 0.361. The van der Waals surface area contributed by atoms with Gasteiger partial charge < -0.3 is 56.8 Å². The van der Waals surface area contributed by atoms with E-state index in [0.29, 0.717) is 17.8 Å². The maximum absolute atomic E-state index is 13.1. The minimum absolute atomic E-state index is 0.281. The van der Waals surface area contributed by atoms with Crippen molar-refractivity contribution in [2.45, 2.75) is 146 Å². The number of amides is 2. The van der Waals surface area contributed by atoms with Crippen molar-refractivity contribution in [3.8, 4) is 0 Å². The zero-order chi connectivity index (χ0) is 38.9. The Kier molecular flexibility index (Phi) is 9.93. The first kappa shape index (κ1) is 38.5. The summed E-state index contributed by atoms with van der Waals surface area (Å²) in [5.74, 6) is -3.35. The van der Waals surface area contributed by atoms with Gasteiger partial charge in [-0.2, -0.15) is 0 Å². The summed E-state index contributed by atoms with van der Waals surface area (Å²) in [6.45, 7) is 15.0. The molecular formula is C39H50N2O14. The van der Waals surface area contributed by atoms with Crippen LogP contribution in [-0.2, 0) is 63.3 Å². The number of fused-ring (bicyclic) bond motifs is 2. The Morgan fingerprint density at radius 2 is 0.927 bits per heavy atom. The molecule has 6 aliphatic heterocycles. The highest BCUT2D eigenvalue weighted by Crippen LogP contribution is 2.43. The highest BCUT2D eigenvalue weighted by molar-refractivity contribution is 5.85. The fourth-order valence-electron chi connectivity index (χ4n) is 7.82. The van der Waals surface area contributed by atoms with E-state index in [4.69, 9.17) is 56.8 Å². The van der Waals surface area contributed by atoms with Crippen LogP contribution in [0.15, 0.2) is 48.5 Å². The van der Waals surface area contributed by atoms with Crippen LogP contribution < -0.4 is 10.6 Å². The molecule has 55 heavy (non-hydrogen) atoms. The molecule has 6 fully saturated rings. The summed E-state index contributed by atoms with van der Waals surface area (Å²) in [5.41, 5.74) is 3.13. The van der Waals surface area contributed by atoms with Gasteiger partial charge in [0.2, 0.25) is 0 Å². The number of benzene rings is 2. The molecule has 6 aliphatic rings. The van der Waals surface area contributed by atoms with E-state index in [1.165, 1.54) is 0 Å². The Bertz CT molecular complexity index is 1610. The third-order valence-corrected chi connectivity index (χ3v) is 10.1. The first-order valence-corrected chi connectivity index (χ1v) is 18.7. The summed E-state index contributed by atoms with van der Waals surface area (Å²) < 4.78 is 71.5. The van der Waals surface area contributed by atoms with Crippen molar-refractivity contribution < 1.29 is 66.4 Å². The van der Waals surface area contributed by atoms with Crippen molar-refractivity contribution in [2.24, 2.45) is 0 Å². The van der Waals surface area contributed by atoms with Gasteiger partial charge in [0.25, 0.3) is 0 Å². The van der Waals surface area contributed by atoms with E-state index in [0.717, 1.165) is 11.1 Å². The lowest BCUT2D eigenvalue weighted by molar-refractivity contribution is -0.231. The molecule has 8 rings (SSSR count). The molecule has 16 nitrogen and oxygen atoms in total. The molecule has 0 radical (unpaired) electrons. The fraction of sp³-hybridized carbons (Fsp3) is 0.641. The smallest absolute Gasteiger partial charge is 0.412 e. The van der Waals surface area contributed by atoms with Crippen molar-refractivity contribution in [3.05, 3.63) is 59.7 Å². The lowest BCUT2D eigenvalue weighted by Gasteiger charge is -2.28. The van der Waals surface area contributed by atoms with E-state index in [1.807, 2.05) is 52.0 Å². The number of carbonyl (C=O) groups excluding carboxylic acids is 2. The van der Waals surface area contributed by atoms with Crippen molar-refractivity contribution in [1.82, 2.24) is 0 Å². The van der Waals surface area contributed by atoms with Gasteiger partial charge in [0, 0.05) is 11.4 Å². The van der Waals surface area contributed by atoms with E-state index in [2.05, 4.69) is 10.6 Å². The molecule has 6 saturated heterocycles. The minimum Gasteiger partial charge on any atom is -0.440 e. The van der Waals surface area contributed by atoms with E-state index >= 15 is 0 Å². The second-order valence-corrected chi connectivity index (χ2v) is 16.4. The first-order chi connectivity index (χ1) is 25.9. The van der Waals surface area contributed by atoms with Crippen molar-refractivity contribution >= 4 is 23.6 Å². The molecule has 0 spiro atoms. The maximum Gasteiger partial charge on any atom is 0.412 e. The Morgan fingerprint density at radius 3 is 1.27 bits per heavy atom. The maximum atomic E-state index is 13.1. The number of carbonyl (C=O) groups is 2. The Morgan fingerprint density at radius 1 is 0.545 bits per heavy atom. The molecule has 0 aliphatic carbocycles. The molecule has 2 N–H and O–H groups in total. The largest absolute Gasteiger partial charge is 0.440 e. The number of hydrogen-bond acceptors (Lipinski definition) is 14. The Labute approximate surface area is 319 Å². The van der Waals surface area contributed by atoms with Gasteiger partial charge in [-0.1, -0.05) is 24.3 Å².